The maximum atomic E-state index is 12.3. The molecule has 9 nitrogen and oxygen atoms in total. The van der Waals surface area contributed by atoms with Gasteiger partial charge < -0.3 is 19.4 Å². The lowest BCUT2D eigenvalue weighted by atomic mass is 10.3. The topological polar surface area (TPSA) is 87.6 Å². The van der Waals surface area contributed by atoms with Crippen LogP contribution in [0.1, 0.15) is 0 Å². The summed E-state index contributed by atoms with van der Waals surface area (Å²) < 4.78 is 5.32. The lowest BCUT2D eigenvalue weighted by Crippen LogP contribution is -2.50. The predicted octanol–water partition coefficient (Wildman–Crippen LogP) is 0.0602. The Morgan fingerprint density at radius 2 is 1.92 bits per heavy atom. The Morgan fingerprint density at radius 1 is 1.20 bits per heavy atom. The van der Waals surface area contributed by atoms with Crippen LogP contribution >= 0.6 is 0 Å². The third-order valence-corrected chi connectivity index (χ3v) is 3.97. The van der Waals surface area contributed by atoms with Crippen LogP contribution in [0.4, 0.5) is 11.5 Å². The summed E-state index contributed by atoms with van der Waals surface area (Å²) in [6.07, 6.45) is 4.88. The first-order valence-electron chi connectivity index (χ1n) is 8.06. The number of amides is 1. The predicted molar refractivity (Wildman–Crippen MR) is 92.7 cm³/mol. The van der Waals surface area contributed by atoms with Gasteiger partial charge >= 0.3 is 6.01 Å². The zero-order valence-corrected chi connectivity index (χ0v) is 14.4. The summed E-state index contributed by atoms with van der Waals surface area (Å²) in [5.41, 5.74) is 1.000. The molecule has 1 saturated heterocycles. The van der Waals surface area contributed by atoms with Crippen molar-refractivity contribution in [2.24, 2.45) is 0 Å². The highest BCUT2D eigenvalue weighted by atomic mass is 16.5. The van der Waals surface area contributed by atoms with Crippen molar-refractivity contribution in [2.75, 3.05) is 56.7 Å². The number of carbonyl (C=O) groups is 1. The summed E-state index contributed by atoms with van der Waals surface area (Å²) in [6, 6.07) is 3.91. The van der Waals surface area contributed by atoms with Gasteiger partial charge in [-0.15, -0.1) is 5.10 Å². The minimum Gasteiger partial charge on any atom is -0.453 e. The van der Waals surface area contributed by atoms with Gasteiger partial charge in [0.2, 0.25) is 0 Å². The van der Waals surface area contributed by atoms with Gasteiger partial charge in [-0.2, -0.15) is 5.10 Å². The molecule has 25 heavy (non-hydrogen) atoms. The van der Waals surface area contributed by atoms with Gasteiger partial charge in [0.1, 0.15) is 0 Å². The molecule has 0 bridgehead atoms. The van der Waals surface area contributed by atoms with Gasteiger partial charge in [0.05, 0.1) is 11.9 Å². The number of ether oxygens (including phenoxy) is 1. The van der Waals surface area contributed by atoms with E-state index in [0.717, 1.165) is 11.5 Å². The largest absolute Gasteiger partial charge is 0.453 e. The first-order valence-corrected chi connectivity index (χ1v) is 8.06. The third kappa shape index (κ3) is 4.31. The first-order chi connectivity index (χ1) is 12.1. The van der Waals surface area contributed by atoms with E-state index in [1.807, 2.05) is 25.1 Å². The molecule has 1 fully saturated rings. The Balaban J connectivity index is 1.51. The molecule has 3 rings (SSSR count). The molecule has 2 aromatic rings. The van der Waals surface area contributed by atoms with Gasteiger partial charge in [-0.1, -0.05) is 0 Å². The van der Waals surface area contributed by atoms with E-state index >= 15 is 0 Å². The summed E-state index contributed by atoms with van der Waals surface area (Å²) in [7, 11) is 3.93. The van der Waals surface area contributed by atoms with Crippen molar-refractivity contribution in [1.29, 1.82) is 0 Å². The number of aromatic nitrogens is 4. The Labute approximate surface area is 146 Å². The van der Waals surface area contributed by atoms with E-state index in [9.17, 15) is 4.79 Å². The van der Waals surface area contributed by atoms with Crippen LogP contribution in [0.15, 0.2) is 30.7 Å². The highest BCUT2D eigenvalue weighted by Crippen LogP contribution is 2.18. The standard InChI is InChI=1S/C16H21N7O2/c1-21(2)13-10-14(20-19-11-13)22-6-8-23(9-7-22)15(24)12-25-16-17-4-3-5-18-16/h3-5,10-11H,6-9,12H2,1-2H3. The van der Waals surface area contributed by atoms with Crippen LogP contribution < -0.4 is 14.5 Å². The molecule has 0 radical (unpaired) electrons. The average molecular weight is 343 g/mol. The van der Waals surface area contributed by atoms with Crippen molar-refractivity contribution >= 4 is 17.4 Å². The molecule has 0 atom stereocenters. The Morgan fingerprint density at radius 3 is 2.60 bits per heavy atom. The molecule has 1 aliphatic rings. The van der Waals surface area contributed by atoms with E-state index in [-0.39, 0.29) is 18.5 Å². The van der Waals surface area contributed by atoms with Crippen molar-refractivity contribution in [2.45, 2.75) is 0 Å². The second-order valence-corrected chi connectivity index (χ2v) is 5.85. The smallest absolute Gasteiger partial charge is 0.316 e. The van der Waals surface area contributed by atoms with Crippen molar-refractivity contribution in [3.8, 4) is 6.01 Å². The fourth-order valence-corrected chi connectivity index (χ4v) is 2.51. The van der Waals surface area contributed by atoms with Crippen LogP contribution in [0.5, 0.6) is 6.01 Å². The summed E-state index contributed by atoms with van der Waals surface area (Å²) in [5.74, 6) is 0.757. The molecule has 1 aliphatic heterocycles. The molecule has 0 saturated carbocycles. The van der Waals surface area contributed by atoms with Gasteiger partial charge in [0.25, 0.3) is 5.91 Å². The number of rotatable bonds is 5. The molecule has 2 aromatic heterocycles. The molecule has 3 heterocycles. The van der Waals surface area contributed by atoms with Crippen molar-refractivity contribution in [3.05, 3.63) is 30.7 Å². The molecule has 0 aliphatic carbocycles. The van der Waals surface area contributed by atoms with Crippen molar-refractivity contribution in [1.82, 2.24) is 25.1 Å². The monoisotopic (exact) mass is 343 g/mol. The van der Waals surface area contributed by atoms with Gasteiger partial charge in [-0.05, 0) is 6.07 Å². The van der Waals surface area contributed by atoms with Gasteiger partial charge in [-0.25, -0.2) is 9.97 Å². The Kier molecular flexibility index (Phi) is 5.22. The lowest BCUT2D eigenvalue weighted by molar-refractivity contribution is -0.133. The molecule has 0 aromatic carbocycles. The number of piperazine rings is 1. The van der Waals surface area contributed by atoms with Crippen molar-refractivity contribution < 1.29 is 9.53 Å². The number of hydrogen-bond acceptors (Lipinski definition) is 8. The fourth-order valence-electron chi connectivity index (χ4n) is 2.51. The molecule has 132 valence electrons. The average Bonchev–Trinajstić information content (AvgIpc) is 2.67. The number of nitrogens with zero attached hydrogens (tertiary/aromatic N) is 7. The van der Waals surface area contributed by atoms with E-state index < -0.39 is 0 Å². The van der Waals surface area contributed by atoms with Crippen LogP contribution in [0, 0.1) is 0 Å². The molecule has 0 N–H and O–H groups in total. The zero-order chi connectivity index (χ0) is 17.6. The van der Waals surface area contributed by atoms with Crippen molar-refractivity contribution in [3.63, 3.8) is 0 Å². The molecule has 9 heteroatoms. The van der Waals surface area contributed by atoms with Crippen LogP contribution in [0.2, 0.25) is 0 Å². The maximum Gasteiger partial charge on any atom is 0.316 e. The summed E-state index contributed by atoms with van der Waals surface area (Å²) in [6.45, 7) is 2.59. The SMILES string of the molecule is CN(C)c1cnnc(N2CCN(C(=O)COc3ncccn3)CC2)c1. The lowest BCUT2D eigenvalue weighted by Gasteiger charge is -2.35. The van der Waals surface area contributed by atoms with E-state index in [4.69, 9.17) is 4.74 Å². The zero-order valence-electron chi connectivity index (χ0n) is 14.4. The minimum atomic E-state index is -0.0692. The van der Waals surface area contributed by atoms with Gasteiger partial charge in [0, 0.05) is 58.7 Å². The van der Waals surface area contributed by atoms with Crippen LogP contribution in [-0.4, -0.2) is 77.9 Å². The van der Waals surface area contributed by atoms with E-state index in [1.54, 1.807) is 29.6 Å². The Bertz CT molecular complexity index is 703. The summed E-state index contributed by atoms with van der Waals surface area (Å²) in [5, 5.41) is 8.25. The molecule has 0 spiro atoms. The second-order valence-electron chi connectivity index (χ2n) is 5.85. The number of carbonyl (C=O) groups excluding carboxylic acids is 1. The third-order valence-electron chi connectivity index (χ3n) is 3.97. The van der Waals surface area contributed by atoms with Crippen LogP contribution in [0.25, 0.3) is 0 Å². The quantitative estimate of drug-likeness (QED) is 0.753. The second kappa shape index (κ2) is 7.73. The van der Waals surface area contributed by atoms with E-state index in [0.29, 0.717) is 26.2 Å². The molecule has 0 unspecified atom stereocenters. The highest BCUT2D eigenvalue weighted by Gasteiger charge is 2.22. The normalized spacial score (nSPS) is 14.3. The Hall–Kier alpha value is -2.97. The van der Waals surface area contributed by atoms with Crippen LogP contribution in [0.3, 0.4) is 0 Å². The van der Waals surface area contributed by atoms with E-state index in [1.165, 1.54) is 0 Å². The summed E-state index contributed by atoms with van der Waals surface area (Å²) in [4.78, 5) is 26.0. The highest BCUT2D eigenvalue weighted by molar-refractivity contribution is 5.78. The molecule has 1 amide bonds. The molecular weight excluding hydrogens is 322 g/mol. The molecular formula is C16H21N7O2. The number of anilines is 2. The fraction of sp³-hybridized carbons (Fsp3) is 0.438. The van der Waals surface area contributed by atoms with Gasteiger partial charge in [-0.3, -0.25) is 4.79 Å². The minimum absolute atomic E-state index is 0.0556. The summed E-state index contributed by atoms with van der Waals surface area (Å²) >= 11 is 0. The van der Waals surface area contributed by atoms with E-state index in [2.05, 4.69) is 25.1 Å². The first kappa shape index (κ1) is 16.9. The number of hydrogen-bond donors (Lipinski definition) is 0. The van der Waals surface area contributed by atoms with Crippen LogP contribution in [-0.2, 0) is 4.79 Å². The van der Waals surface area contributed by atoms with Gasteiger partial charge in [0.15, 0.2) is 12.4 Å². The maximum absolute atomic E-state index is 12.3.